The summed E-state index contributed by atoms with van der Waals surface area (Å²) in [6.07, 6.45) is 1.41. The van der Waals surface area contributed by atoms with Crippen molar-refractivity contribution < 1.29 is 0 Å². The Morgan fingerprint density at radius 3 is 2.94 bits per heavy atom. The minimum atomic E-state index is -0.174. The zero-order chi connectivity index (χ0) is 12.5. The number of rotatable bonds is 2. The van der Waals surface area contributed by atoms with Crippen LogP contribution in [0.1, 0.15) is 0 Å². The molecule has 3 aromatic rings. The van der Waals surface area contributed by atoms with Gasteiger partial charge in [-0.2, -0.15) is 0 Å². The largest absolute Gasteiger partial charge is 0.290 e. The number of nitrogens with zero attached hydrogens (tertiary/aromatic N) is 4. The van der Waals surface area contributed by atoms with E-state index in [-0.39, 0.29) is 5.56 Å². The summed E-state index contributed by atoms with van der Waals surface area (Å²) < 4.78 is 1.85. The molecule has 90 valence electrons. The molecule has 0 aliphatic heterocycles. The molecule has 0 aliphatic rings. The third kappa shape index (κ3) is 1.93. The van der Waals surface area contributed by atoms with Crippen molar-refractivity contribution in [2.24, 2.45) is 0 Å². The molecule has 6 nitrogen and oxygen atoms in total. The van der Waals surface area contributed by atoms with Gasteiger partial charge in [0, 0.05) is 0 Å². The van der Waals surface area contributed by atoms with E-state index >= 15 is 0 Å². The highest BCUT2D eigenvalue weighted by Crippen LogP contribution is 2.13. The summed E-state index contributed by atoms with van der Waals surface area (Å²) in [6, 6.07) is 5.01. The van der Waals surface area contributed by atoms with E-state index in [0.717, 1.165) is 0 Å². The molecule has 0 radical (unpaired) electrons. The zero-order valence-corrected chi connectivity index (χ0v) is 10.4. The monoisotopic (exact) mass is 279 g/mol. The van der Waals surface area contributed by atoms with Crippen LogP contribution in [0.3, 0.4) is 0 Å². The Labute approximate surface area is 110 Å². The number of anilines is 1. The molecule has 18 heavy (non-hydrogen) atoms. The van der Waals surface area contributed by atoms with E-state index in [1.165, 1.54) is 22.3 Å². The molecule has 0 atom stereocenters. The molecular formula is C10H6ClN5OS. The molecule has 0 aliphatic carbocycles. The molecule has 3 aromatic heterocycles. The van der Waals surface area contributed by atoms with E-state index in [4.69, 9.17) is 11.6 Å². The summed E-state index contributed by atoms with van der Waals surface area (Å²) >= 11 is 6.98. The van der Waals surface area contributed by atoms with Crippen LogP contribution in [0.25, 0.3) is 10.2 Å². The number of nitrogens with one attached hydrogen (secondary N) is 1. The number of halogens is 1. The maximum Gasteiger partial charge on any atom is 0.290 e. The second-order valence-electron chi connectivity index (χ2n) is 3.41. The van der Waals surface area contributed by atoms with Crippen molar-refractivity contribution >= 4 is 39.0 Å². The summed E-state index contributed by atoms with van der Waals surface area (Å²) in [5.74, 6) is 0.416. The van der Waals surface area contributed by atoms with Crippen molar-refractivity contribution in [3.63, 3.8) is 0 Å². The molecule has 0 amide bonds. The fourth-order valence-corrected chi connectivity index (χ4v) is 2.30. The van der Waals surface area contributed by atoms with Gasteiger partial charge in [0.05, 0.1) is 5.52 Å². The van der Waals surface area contributed by atoms with Gasteiger partial charge in [-0.15, -0.1) is 21.5 Å². The molecule has 0 saturated heterocycles. The van der Waals surface area contributed by atoms with Crippen LogP contribution in [-0.4, -0.2) is 19.9 Å². The highest BCUT2D eigenvalue weighted by Gasteiger charge is 2.05. The van der Waals surface area contributed by atoms with E-state index in [1.807, 2.05) is 5.38 Å². The average molecular weight is 280 g/mol. The van der Waals surface area contributed by atoms with Crippen molar-refractivity contribution in [3.05, 3.63) is 45.4 Å². The van der Waals surface area contributed by atoms with E-state index < -0.39 is 0 Å². The minimum Gasteiger partial charge on any atom is -0.272 e. The first-order chi connectivity index (χ1) is 8.74. The van der Waals surface area contributed by atoms with Gasteiger partial charge < -0.3 is 0 Å². The number of hydrogen-bond donors (Lipinski definition) is 1. The van der Waals surface area contributed by atoms with Gasteiger partial charge in [0.15, 0.2) is 11.0 Å². The molecule has 8 heteroatoms. The van der Waals surface area contributed by atoms with E-state index in [9.17, 15) is 4.79 Å². The number of fused-ring (bicyclic) bond motifs is 1. The molecule has 3 rings (SSSR count). The Bertz CT molecular complexity index is 751. The first-order valence-electron chi connectivity index (χ1n) is 4.95. The average Bonchev–Trinajstić information content (AvgIpc) is 2.84. The third-order valence-corrected chi connectivity index (χ3v) is 3.33. The molecule has 0 saturated carbocycles. The second-order valence-corrected chi connectivity index (χ2v) is 4.71. The van der Waals surface area contributed by atoms with Gasteiger partial charge in [-0.05, 0) is 23.6 Å². The fourth-order valence-electron chi connectivity index (χ4n) is 1.42. The lowest BCUT2D eigenvalue weighted by atomic mass is 10.5. The van der Waals surface area contributed by atoms with Gasteiger partial charge in [0.2, 0.25) is 0 Å². The van der Waals surface area contributed by atoms with Crippen molar-refractivity contribution in [2.45, 2.75) is 0 Å². The molecule has 0 fully saturated rings. The van der Waals surface area contributed by atoms with E-state index in [2.05, 4.69) is 20.6 Å². The maximum absolute atomic E-state index is 12.1. The van der Waals surface area contributed by atoms with Crippen molar-refractivity contribution in [1.29, 1.82) is 0 Å². The minimum absolute atomic E-state index is 0.174. The first kappa shape index (κ1) is 11.1. The van der Waals surface area contributed by atoms with Gasteiger partial charge in [-0.1, -0.05) is 11.6 Å². The Morgan fingerprint density at radius 1 is 1.28 bits per heavy atom. The molecule has 0 unspecified atom stereocenters. The highest BCUT2D eigenvalue weighted by molar-refractivity contribution is 7.17. The normalized spacial score (nSPS) is 10.7. The van der Waals surface area contributed by atoms with Crippen LogP contribution in [-0.2, 0) is 0 Å². The summed E-state index contributed by atoms with van der Waals surface area (Å²) in [4.78, 5) is 16.2. The van der Waals surface area contributed by atoms with Crippen LogP contribution in [0.2, 0.25) is 5.15 Å². The van der Waals surface area contributed by atoms with Gasteiger partial charge in [0.1, 0.15) is 11.0 Å². The molecule has 0 bridgehead atoms. The molecule has 3 heterocycles. The number of aromatic nitrogens is 4. The van der Waals surface area contributed by atoms with Crippen LogP contribution < -0.4 is 11.0 Å². The van der Waals surface area contributed by atoms with Crippen LogP contribution >= 0.6 is 22.9 Å². The Hall–Kier alpha value is -1.99. The predicted molar refractivity (Wildman–Crippen MR) is 69.9 cm³/mol. The van der Waals surface area contributed by atoms with Crippen LogP contribution in [0.15, 0.2) is 34.7 Å². The summed E-state index contributed by atoms with van der Waals surface area (Å²) in [6.45, 7) is 0. The van der Waals surface area contributed by atoms with Gasteiger partial charge in [0.25, 0.3) is 5.56 Å². The van der Waals surface area contributed by atoms with Gasteiger partial charge >= 0.3 is 0 Å². The van der Waals surface area contributed by atoms with Crippen molar-refractivity contribution in [1.82, 2.24) is 19.9 Å². The zero-order valence-electron chi connectivity index (χ0n) is 8.87. The maximum atomic E-state index is 12.1. The van der Waals surface area contributed by atoms with Crippen molar-refractivity contribution in [2.75, 3.05) is 5.43 Å². The van der Waals surface area contributed by atoms with Crippen LogP contribution in [0, 0.1) is 0 Å². The lowest BCUT2D eigenvalue weighted by molar-refractivity contribution is 0.857. The Morgan fingerprint density at radius 2 is 2.17 bits per heavy atom. The van der Waals surface area contributed by atoms with E-state index in [1.54, 1.807) is 18.2 Å². The van der Waals surface area contributed by atoms with E-state index in [0.29, 0.717) is 21.2 Å². The SMILES string of the molecule is O=c1c2sccc2ncn1Nc1ccc(Cl)nn1. The van der Waals surface area contributed by atoms with Crippen LogP contribution in [0.4, 0.5) is 5.82 Å². The Balaban J connectivity index is 2.02. The summed E-state index contributed by atoms with van der Waals surface area (Å²) in [7, 11) is 0. The second kappa shape index (κ2) is 4.35. The molecule has 1 N–H and O–H groups in total. The quantitative estimate of drug-likeness (QED) is 0.774. The fraction of sp³-hybridized carbons (Fsp3) is 0. The molecule has 0 spiro atoms. The molecule has 0 aromatic carbocycles. The standard InChI is InChI=1S/C10H6ClN5OS/c11-7-1-2-8(14-13-7)15-16-5-12-6-3-4-18-9(6)10(16)17/h1-5H,(H,14,15). The highest BCUT2D eigenvalue weighted by atomic mass is 35.5. The van der Waals surface area contributed by atoms with Gasteiger partial charge in [-0.25, -0.2) is 9.66 Å². The molecular weight excluding hydrogens is 274 g/mol. The Kier molecular flexibility index (Phi) is 2.69. The van der Waals surface area contributed by atoms with Gasteiger partial charge in [-0.3, -0.25) is 10.2 Å². The number of hydrogen-bond acceptors (Lipinski definition) is 6. The lowest BCUT2D eigenvalue weighted by Crippen LogP contribution is -2.26. The predicted octanol–water partition coefficient (Wildman–Crippen LogP) is 1.78. The lowest BCUT2D eigenvalue weighted by Gasteiger charge is -2.06. The summed E-state index contributed by atoms with van der Waals surface area (Å²) in [5, 5.41) is 9.60. The third-order valence-electron chi connectivity index (χ3n) is 2.24. The smallest absolute Gasteiger partial charge is 0.272 e. The summed E-state index contributed by atoms with van der Waals surface area (Å²) in [5.41, 5.74) is 3.31. The topological polar surface area (TPSA) is 72.7 Å². The van der Waals surface area contributed by atoms with Crippen molar-refractivity contribution in [3.8, 4) is 0 Å². The van der Waals surface area contributed by atoms with Crippen LogP contribution in [0.5, 0.6) is 0 Å². The number of thiophene rings is 1. The first-order valence-corrected chi connectivity index (χ1v) is 6.21.